The van der Waals surface area contributed by atoms with Crippen LogP contribution in [0.15, 0.2) is 22.9 Å². The number of carbonyl (C=O) groups is 1. The molecule has 2 aromatic heterocycles. The smallest absolute Gasteiger partial charge is 0.371 e. The molecule has 0 fully saturated rings. The number of aromatic nitrogens is 2. The van der Waals surface area contributed by atoms with Gasteiger partial charge in [0.2, 0.25) is 5.76 Å². The second-order valence-electron chi connectivity index (χ2n) is 3.75. The van der Waals surface area contributed by atoms with Crippen LogP contribution in [0.25, 0.3) is 0 Å². The Bertz CT molecular complexity index is 542. The lowest BCUT2D eigenvalue weighted by molar-refractivity contribution is 0.0661. The van der Waals surface area contributed by atoms with Crippen molar-refractivity contribution in [3.8, 4) is 0 Å². The molecule has 0 spiro atoms. The van der Waals surface area contributed by atoms with Crippen molar-refractivity contribution in [3.05, 3.63) is 35.5 Å². The zero-order chi connectivity index (χ0) is 12.4. The average Bonchev–Trinajstić information content (AvgIpc) is 2.82. The highest BCUT2D eigenvalue weighted by atomic mass is 16.4. The molecule has 2 rings (SSSR count). The lowest BCUT2D eigenvalue weighted by atomic mass is 10.2. The Morgan fingerprint density at radius 2 is 2.41 bits per heavy atom. The first-order valence-electron chi connectivity index (χ1n) is 5.11. The van der Waals surface area contributed by atoms with Crippen LogP contribution in [0.3, 0.4) is 0 Å². The summed E-state index contributed by atoms with van der Waals surface area (Å²) in [6.07, 6.45) is 3.54. The lowest BCUT2D eigenvalue weighted by Crippen LogP contribution is -1.98. The van der Waals surface area contributed by atoms with Crippen molar-refractivity contribution in [1.29, 1.82) is 0 Å². The molecule has 90 valence electrons. The Labute approximate surface area is 97.9 Å². The molecule has 2 N–H and O–H groups in total. The zero-order valence-corrected chi connectivity index (χ0v) is 9.60. The van der Waals surface area contributed by atoms with Gasteiger partial charge in [0.1, 0.15) is 5.76 Å². The minimum atomic E-state index is -1.05. The van der Waals surface area contributed by atoms with Gasteiger partial charge < -0.3 is 14.8 Å². The quantitative estimate of drug-likeness (QED) is 0.841. The van der Waals surface area contributed by atoms with Crippen LogP contribution in [0.4, 0.5) is 5.69 Å². The van der Waals surface area contributed by atoms with E-state index < -0.39 is 5.97 Å². The van der Waals surface area contributed by atoms with Gasteiger partial charge >= 0.3 is 5.97 Å². The Balaban J connectivity index is 2.06. The molecule has 0 aliphatic heterocycles. The molecular weight excluding hydrogens is 222 g/mol. The highest BCUT2D eigenvalue weighted by Crippen LogP contribution is 2.16. The van der Waals surface area contributed by atoms with Crippen LogP contribution in [0.1, 0.15) is 21.9 Å². The summed E-state index contributed by atoms with van der Waals surface area (Å²) in [6, 6.07) is 1.53. The fourth-order valence-electron chi connectivity index (χ4n) is 1.51. The third kappa shape index (κ3) is 2.47. The van der Waals surface area contributed by atoms with Crippen LogP contribution in [-0.4, -0.2) is 20.9 Å². The van der Waals surface area contributed by atoms with Crippen LogP contribution in [0.5, 0.6) is 0 Å². The standard InChI is InChI=1S/C11H13N3O3/c1-7-8(3-10(17-7)11(15)16)4-12-9-5-13-14(2)6-9/h3,5-6,12H,4H2,1-2H3,(H,15,16). The second kappa shape index (κ2) is 4.32. The molecule has 2 heterocycles. The number of nitrogens with one attached hydrogen (secondary N) is 1. The number of carboxylic acid groups (broad SMARTS) is 1. The van der Waals surface area contributed by atoms with E-state index in [4.69, 9.17) is 9.52 Å². The first-order valence-corrected chi connectivity index (χ1v) is 5.11. The lowest BCUT2D eigenvalue weighted by Gasteiger charge is -2.00. The molecule has 6 heteroatoms. The van der Waals surface area contributed by atoms with Gasteiger partial charge in [-0.25, -0.2) is 4.79 Å². The number of carboxylic acids is 1. The Morgan fingerprint density at radius 1 is 1.65 bits per heavy atom. The molecule has 2 aromatic rings. The summed E-state index contributed by atoms with van der Waals surface area (Å²) in [7, 11) is 1.83. The predicted octanol–water partition coefficient (Wildman–Crippen LogP) is 1.63. The number of furan rings is 1. The second-order valence-corrected chi connectivity index (χ2v) is 3.75. The third-order valence-corrected chi connectivity index (χ3v) is 2.42. The van der Waals surface area contributed by atoms with Crippen molar-refractivity contribution < 1.29 is 14.3 Å². The predicted molar refractivity (Wildman–Crippen MR) is 60.9 cm³/mol. The number of anilines is 1. The van der Waals surface area contributed by atoms with Gasteiger partial charge in [-0.1, -0.05) is 0 Å². The van der Waals surface area contributed by atoms with Gasteiger partial charge in [-0.05, 0) is 13.0 Å². The maximum Gasteiger partial charge on any atom is 0.371 e. The van der Waals surface area contributed by atoms with Crippen LogP contribution in [0, 0.1) is 6.92 Å². The van der Waals surface area contributed by atoms with E-state index in [1.165, 1.54) is 6.07 Å². The van der Waals surface area contributed by atoms with E-state index in [1.54, 1.807) is 17.8 Å². The first kappa shape index (κ1) is 11.3. The van der Waals surface area contributed by atoms with Gasteiger partial charge in [0, 0.05) is 25.4 Å². The molecule has 0 unspecified atom stereocenters. The molecule has 17 heavy (non-hydrogen) atoms. The highest BCUT2D eigenvalue weighted by molar-refractivity contribution is 5.84. The maximum absolute atomic E-state index is 10.7. The topological polar surface area (TPSA) is 80.3 Å². The molecule has 0 atom stereocenters. The number of aryl methyl sites for hydroxylation is 2. The molecule has 0 aromatic carbocycles. The molecule has 0 bridgehead atoms. The van der Waals surface area contributed by atoms with E-state index in [2.05, 4.69) is 10.4 Å². The van der Waals surface area contributed by atoms with Crippen molar-refractivity contribution in [3.63, 3.8) is 0 Å². The summed E-state index contributed by atoms with van der Waals surface area (Å²) in [5, 5.41) is 15.9. The molecular formula is C11H13N3O3. The number of hydrogen-bond donors (Lipinski definition) is 2. The minimum absolute atomic E-state index is 0.0366. The van der Waals surface area contributed by atoms with E-state index in [1.807, 2.05) is 13.2 Å². The van der Waals surface area contributed by atoms with Gasteiger partial charge in [0.15, 0.2) is 0 Å². The monoisotopic (exact) mass is 235 g/mol. The highest BCUT2D eigenvalue weighted by Gasteiger charge is 2.12. The average molecular weight is 235 g/mol. The number of rotatable bonds is 4. The number of hydrogen-bond acceptors (Lipinski definition) is 4. The molecule has 0 saturated carbocycles. The maximum atomic E-state index is 10.7. The molecule has 0 aliphatic rings. The van der Waals surface area contributed by atoms with E-state index in [0.717, 1.165) is 11.3 Å². The van der Waals surface area contributed by atoms with Crippen molar-refractivity contribution in [2.24, 2.45) is 7.05 Å². The fraction of sp³-hybridized carbons (Fsp3) is 0.273. The van der Waals surface area contributed by atoms with Gasteiger partial charge in [-0.3, -0.25) is 4.68 Å². The van der Waals surface area contributed by atoms with Crippen molar-refractivity contribution >= 4 is 11.7 Å². The summed E-state index contributed by atoms with van der Waals surface area (Å²) >= 11 is 0. The summed E-state index contributed by atoms with van der Waals surface area (Å²) in [6.45, 7) is 2.25. The van der Waals surface area contributed by atoms with Gasteiger partial charge in [-0.2, -0.15) is 5.10 Å². The molecule has 0 aliphatic carbocycles. The zero-order valence-electron chi connectivity index (χ0n) is 9.60. The molecule has 0 amide bonds. The van der Waals surface area contributed by atoms with Crippen molar-refractivity contribution in [2.75, 3.05) is 5.32 Å². The van der Waals surface area contributed by atoms with Crippen molar-refractivity contribution in [2.45, 2.75) is 13.5 Å². The van der Waals surface area contributed by atoms with E-state index in [0.29, 0.717) is 12.3 Å². The SMILES string of the molecule is Cc1oc(C(=O)O)cc1CNc1cnn(C)c1. The number of nitrogens with zero attached hydrogens (tertiary/aromatic N) is 2. The number of aromatic carboxylic acids is 1. The molecule has 0 radical (unpaired) electrons. The Morgan fingerprint density at radius 3 is 2.94 bits per heavy atom. The minimum Gasteiger partial charge on any atom is -0.475 e. The normalized spacial score (nSPS) is 10.5. The summed E-state index contributed by atoms with van der Waals surface area (Å²) in [5.74, 6) is -0.481. The van der Waals surface area contributed by atoms with Crippen molar-refractivity contribution in [1.82, 2.24) is 9.78 Å². The van der Waals surface area contributed by atoms with E-state index in [-0.39, 0.29) is 5.76 Å². The van der Waals surface area contributed by atoms with Crippen LogP contribution >= 0.6 is 0 Å². The van der Waals surface area contributed by atoms with Crippen LogP contribution in [0.2, 0.25) is 0 Å². The third-order valence-electron chi connectivity index (χ3n) is 2.42. The Kier molecular flexibility index (Phi) is 2.86. The summed E-state index contributed by atoms with van der Waals surface area (Å²) in [5.41, 5.74) is 1.70. The van der Waals surface area contributed by atoms with E-state index in [9.17, 15) is 4.79 Å². The van der Waals surface area contributed by atoms with Gasteiger partial charge in [0.05, 0.1) is 11.9 Å². The van der Waals surface area contributed by atoms with Gasteiger partial charge in [-0.15, -0.1) is 0 Å². The molecule has 0 saturated heterocycles. The van der Waals surface area contributed by atoms with E-state index >= 15 is 0 Å². The van der Waals surface area contributed by atoms with Crippen LogP contribution in [-0.2, 0) is 13.6 Å². The van der Waals surface area contributed by atoms with Gasteiger partial charge in [0.25, 0.3) is 0 Å². The first-order chi connectivity index (χ1) is 8.06. The molecule has 6 nitrogen and oxygen atoms in total. The summed E-state index contributed by atoms with van der Waals surface area (Å²) in [4.78, 5) is 10.7. The fourth-order valence-corrected chi connectivity index (χ4v) is 1.51. The summed E-state index contributed by atoms with van der Waals surface area (Å²) < 4.78 is 6.80. The largest absolute Gasteiger partial charge is 0.475 e. The van der Waals surface area contributed by atoms with Crippen LogP contribution < -0.4 is 5.32 Å². The Hall–Kier alpha value is -2.24.